The number of sulfone groups is 1. The van der Waals surface area contributed by atoms with E-state index in [1.54, 1.807) is 0 Å². The second-order valence-electron chi connectivity index (χ2n) is 8.43. The van der Waals surface area contributed by atoms with Crippen LogP contribution in [-0.4, -0.2) is 40.6 Å². The van der Waals surface area contributed by atoms with Crippen LogP contribution >= 0.6 is 0 Å². The molecule has 2 heterocycles. The van der Waals surface area contributed by atoms with Crippen LogP contribution in [0.2, 0.25) is 0 Å². The van der Waals surface area contributed by atoms with E-state index in [2.05, 4.69) is 9.97 Å². The number of pyridine rings is 1. The zero-order valence-electron chi connectivity index (χ0n) is 19.3. The number of alkyl halides is 6. The SMILES string of the molecule is N[C@@H](Cc1cc(C(F)(F)F)c(O)c(C(F)(F)F)c1-c1ccc2[nH]cc(S(=O)(=O)c3ccncc3)c2c1)C(=O)O. The summed E-state index contributed by atoms with van der Waals surface area (Å²) in [7, 11) is -4.22. The fourth-order valence-electron chi connectivity index (χ4n) is 4.15. The van der Waals surface area contributed by atoms with Gasteiger partial charge in [0.1, 0.15) is 17.4 Å². The van der Waals surface area contributed by atoms with Gasteiger partial charge in [-0.25, -0.2) is 8.42 Å². The van der Waals surface area contributed by atoms with Crippen molar-refractivity contribution < 1.29 is 49.8 Å². The highest BCUT2D eigenvalue weighted by Gasteiger charge is 2.45. The van der Waals surface area contributed by atoms with Crippen molar-refractivity contribution in [1.29, 1.82) is 0 Å². The maximum Gasteiger partial charge on any atom is 0.420 e. The molecule has 0 aliphatic rings. The molecule has 0 fully saturated rings. The lowest BCUT2D eigenvalue weighted by Gasteiger charge is -2.23. The maximum absolute atomic E-state index is 14.2. The molecular formula is C24H17F6N3O5S. The Balaban J connectivity index is 2.07. The molecule has 0 radical (unpaired) electrons. The molecule has 8 nitrogen and oxygen atoms in total. The van der Waals surface area contributed by atoms with Gasteiger partial charge >= 0.3 is 18.3 Å². The number of nitrogens with two attached hydrogens (primary N) is 1. The van der Waals surface area contributed by atoms with Gasteiger partial charge in [0.25, 0.3) is 0 Å². The van der Waals surface area contributed by atoms with Crippen LogP contribution in [-0.2, 0) is 33.4 Å². The number of halogens is 6. The van der Waals surface area contributed by atoms with Gasteiger partial charge in [-0.3, -0.25) is 9.78 Å². The zero-order valence-corrected chi connectivity index (χ0v) is 20.1. The zero-order chi connectivity index (χ0) is 28.9. The van der Waals surface area contributed by atoms with Crippen LogP contribution in [0.5, 0.6) is 5.75 Å². The molecule has 4 rings (SSSR count). The lowest BCUT2D eigenvalue weighted by atomic mass is 9.87. The molecule has 0 saturated carbocycles. The number of aromatic hydroxyl groups is 1. The summed E-state index contributed by atoms with van der Waals surface area (Å²) in [5, 5.41) is 19.2. The highest BCUT2D eigenvalue weighted by atomic mass is 32.2. The summed E-state index contributed by atoms with van der Waals surface area (Å²) in [6.45, 7) is 0. The van der Waals surface area contributed by atoms with Gasteiger partial charge in [0.2, 0.25) is 9.84 Å². The topological polar surface area (TPSA) is 146 Å². The van der Waals surface area contributed by atoms with Crippen LogP contribution in [0.1, 0.15) is 16.7 Å². The van der Waals surface area contributed by atoms with E-state index < -0.39 is 74.2 Å². The van der Waals surface area contributed by atoms with Gasteiger partial charge in [-0.1, -0.05) is 6.07 Å². The van der Waals surface area contributed by atoms with Gasteiger partial charge < -0.3 is 20.9 Å². The molecule has 15 heteroatoms. The van der Waals surface area contributed by atoms with E-state index in [0.717, 1.165) is 18.3 Å². The number of benzene rings is 2. The number of H-pyrrole nitrogens is 1. The van der Waals surface area contributed by atoms with Crippen molar-refractivity contribution in [3.05, 3.63) is 71.7 Å². The number of hydrogen-bond acceptors (Lipinski definition) is 6. The Morgan fingerprint density at radius 1 is 1.03 bits per heavy atom. The standard InChI is InChI=1S/C24H17F6N3O5S/c25-23(26,27)15-8-12(9-16(31)22(35)36)19(20(21(15)34)24(28,29)30)11-1-2-17-14(7-11)18(10-33-17)39(37,38)13-3-5-32-6-4-13/h1-8,10,16,33-34H,9,31H2,(H,35,36)/t16-/m0/s1. The third-order valence-corrected chi connectivity index (χ3v) is 7.72. The summed E-state index contributed by atoms with van der Waals surface area (Å²) in [4.78, 5) is 17.2. The predicted molar refractivity (Wildman–Crippen MR) is 124 cm³/mol. The van der Waals surface area contributed by atoms with Crippen molar-refractivity contribution >= 4 is 26.7 Å². The summed E-state index contributed by atoms with van der Waals surface area (Å²) in [6.07, 6.45) is -8.41. The molecule has 4 aromatic rings. The van der Waals surface area contributed by atoms with Gasteiger partial charge in [-0.05, 0) is 47.9 Å². The number of fused-ring (bicyclic) bond motifs is 1. The van der Waals surface area contributed by atoms with Crippen molar-refractivity contribution in [1.82, 2.24) is 9.97 Å². The number of nitrogens with one attached hydrogen (secondary N) is 1. The number of carbonyl (C=O) groups is 1. The Bertz CT molecular complexity index is 1680. The number of carboxylic acid groups (broad SMARTS) is 1. The first kappa shape index (κ1) is 27.9. The van der Waals surface area contributed by atoms with Gasteiger partial charge in [-0.2, -0.15) is 26.3 Å². The summed E-state index contributed by atoms with van der Waals surface area (Å²) in [6, 6.07) is 3.96. The van der Waals surface area contributed by atoms with Gasteiger partial charge in [0.15, 0.2) is 0 Å². The Morgan fingerprint density at radius 2 is 1.67 bits per heavy atom. The van der Waals surface area contributed by atoms with E-state index in [1.807, 2.05) is 0 Å². The summed E-state index contributed by atoms with van der Waals surface area (Å²) in [5.41, 5.74) is -0.653. The van der Waals surface area contributed by atoms with Crippen molar-refractivity contribution in [3.63, 3.8) is 0 Å². The fourth-order valence-corrected chi connectivity index (χ4v) is 5.56. The van der Waals surface area contributed by atoms with Gasteiger partial charge in [0.05, 0.1) is 15.4 Å². The van der Waals surface area contributed by atoms with E-state index in [9.17, 15) is 49.8 Å². The molecule has 2 aromatic carbocycles. The molecule has 1 atom stereocenters. The Labute approximate surface area is 215 Å². The maximum atomic E-state index is 14.2. The molecule has 0 amide bonds. The average molecular weight is 573 g/mol. The minimum absolute atomic E-state index is 0.106. The van der Waals surface area contributed by atoms with E-state index in [4.69, 9.17) is 5.73 Å². The third-order valence-electron chi connectivity index (χ3n) is 5.91. The Kier molecular flexibility index (Phi) is 6.85. The Hall–Kier alpha value is -4.11. The van der Waals surface area contributed by atoms with Crippen LogP contribution in [0, 0.1) is 0 Å². The summed E-state index contributed by atoms with van der Waals surface area (Å²) in [5.74, 6) is -3.81. The van der Waals surface area contributed by atoms with E-state index >= 15 is 0 Å². The minimum Gasteiger partial charge on any atom is -0.507 e. The van der Waals surface area contributed by atoms with Crippen LogP contribution in [0.25, 0.3) is 22.0 Å². The van der Waals surface area contributed by atoms with E-state index in [1.165, 1.54) is 30.6 Å². The predicted octanol–water partition coefficient (Wildman–Crippen LogP) is 4.76. The number of nitrogens with zero attached hydrogens (tertiary/aromatic N) is 1. The van der Waals surface area contributed by atoms with Crippen molar-refractivity contribution in [2.75, 3.05) is 0 Å². The van der Waals surface area contributed by atoms with Crippen molar-refractivity contribution in [2.24, 2.45) is 5.73 Å². The van der Waals surface area contributed by atoms with Gasteiger partial charge in [-0.15, -0.1) is 0 Å². The highest BCUT2D eigenvalue weighted by Crippen LogP contribution is 2.50. The first-order valence-corrected chi connectivity index (χ1v) is 12.3. The molecule has 0 bridgehead atoms. The minimum atomic E-state index is -5.54. The number of phenolic OH excluding ortho intramolecular Hbond substituents is 1. The molecule has 0 saturated heterocycles. The largest absolute Gasteiger partial charge is 0.507 e. The number of carboxylic acids is 1. The number of aromatic nitrogens is 2. The molecule has 0 aliphatic carbocycles. The quantitative estimate of drug-likeness (QED) is 0.243. The molecule has 0 unspecified atom stereocenters. The molecule has 39 heavy (non-hydrogen) atoms. The van der Waals surface area contributed by atoms with E-state index in [0.29, 0.717) is 0 Å². The van der Waals surface area contributed by atoms with E-state index in [-0.39, 0.29) is 26.8 Å². The van der Waals surface area contributed by atoms with Crippen LogP contribution in [0.4, 0.5) is 26.3 Å². The first-order valence-electron chi connectivity index (χ1n) is 10.8. The number of hydrogen-bond donors (Lipinski definition) is 4. The third kappa shape index (κ3) is 5.14. The first-order chi connectivity index (χ1) is 18.0. The number of aliphatic carboxylic acids is 1. The van der Waals surface area contributed by atoms with Crippen LogP contribution in [0.15, 0.2) is 64.8 Å². The lowest BCUT2D eigenvalue weighted by Crippen LogP contribution is -2.32. The van der Waals surface area contributed by atoms with Crippen LogP contribution < -0.4 is 5.73 Å². The highest BCUT2D eigenvalue weighted by molar-refractivity contribution is 7.91. The molecule has 0 aliphatic heterocycles. The van der Waals surface area contributed by atoms with Crippen LogP contribution in [0.3, 0.4) is 0 Å². The fraction of sp³-hybridized carbons (Fsp3) is 0.167. The molecule has 206 valence electrons. The van der Waals surface area contributed by atoms with Crippen molar-refractivity contribution in [2.45, 2.75) is 34.6 Å². The second-order valence-corrected chi connectivity index (χ2v) is 10.3. The number of aromatic amines is 1. The Morgan fingerprint density at radius 3 is 2.23 bits per heavy atom. The number of phenols is 1. The van der Waals surface area contributed by atoms with Crippen molar-refractivity contribution in [3.8, 4) is 16.9 Å². The average Bonchev–Trinajstić information content (AvgIpc) is 3.27. The summed E-state index contributed by atoms with van der Waals surface area (Å²) >= 11 is 0. The normalized spacial score (nSPS) is 13.5. The molecule has 2 aromatic heterocycles. The monoisotopic (exact) mass is 573 g/mol. The summed E-state index contributed by atoms with van der Waals surface area (Å²) < 4.78 is 110. The molecule has 0 spiro atoms. The molecular weight excluding hydrogens is 556 g/mol. The second kappa shape index (κ2) is 9.57. The number of rotatable bonds is 6. The van der Waals surface area contributed by atoms with Gasteiger partial charge in [0, 0.05) is 35.1 Å². The molecule has 5 N–H and O–H groups in total. The smallest absolute Gasteiger partial charge is 0.420 e. The lowest BCUT2D eigenvalue weighted by molar-refractivity contribution is -0.145.